The van der Waals surface area contributed by atoms with Gasteiger partial charge in [-0.2, -0.15) is 0 Å². The highest BCUT2D eigenvalue weighted by Crippen LogP contribution is 2.13. The van der Waals surface area contributed by atoms with Crippen LogP contribution in [0.1, 0.15) is 16.9 Å². The second-order valence-corrected chi connectivity index (χ2v) is 5.31. The normalized spacial score (nSPS) is 10.6. The Bertz CT molecular complexity index is 662. The average Bonchev–Trinajstić information content (AvgIpc) is 2.51. The minimum absolute atomic E-state index is 0.247. The van der Waals surface area contributed by atoms with Crippen LogP contribution < -0.4 is 10.6 Å². The molecule has 0 atom stereocenters. The SMILES string of the molecule is CN(C)CCCNC(=O)c1ccnc(Nc2cccc(F)c2)n1. The number of amides is 1. The molecule has 0 saturated heterocycles. The first-order chi connectivity index (χ1) is 11.0. The van der Waals surface area contributed by atoms with Gasteiger partial charge in [0, 0.05) is 18.4 Å². The molecule has 0 radical (unpaired) electrons. The summed E-state index contributed by atoms with van der Waals surface area (Å²) in [6.45, 7) is 1.48. The molecule has 2 aromatic rings. The van der Waals surface area contributed by atoms with Gasteiger partial charge in [0.2, 0.25) is 5.95 Å². The quantitative estimate of drug-likeness (QED) is 0.765. The van der Waals surface area contributed by atoms with Crippen LogP contribution in [0.4, 0.5) is 16.0 Å². The second kappa shape index (κ2) is 8.19. The molecule has 23 heavy (non-hydrogen) atoms. The van der Waals surface area contributed by atoms with E-state index in [0.717, 1.165) is 13.0 Å². The predicted molar refractivity (Wildman–Crippen MR) is 87.2 cm³/mol. The van der Waals surface area contributed by atoms with Gasteiger partial charge >= 0.3 is 0 Å². The standard InChI is InChI=1S/C16H20FN5O/c1-22(2)10-4-8-18-15(23)14-7-9-19-16(21-14)20-13-6-3-5-12(17)11-13/h3,5-7,9,11H,4,8,10H2,1-2H3,(H,18,23)(H,19,20,21). The molecule has 0 aliphatic rings. The number of benzene rings is 1. The van der Waals surface area contributed by atoms with Gasteiger partial charge in [0.1, 0.15) is 11.5 Å². The van der Waals surface area contributed by atoms with Gasteiger partial charge in [0.25, 0.3) is 5.91 Å². The lowest BCUT2D eigenvalue weighted by Crippen LogP contribution is -2.28. The highest BCUT2D eigenvalue weighted by Gasteiger charge is 2.08. The second-order valence-electron chi connectivity index (χ2n) is 5.31. The first-order valence-corrected chi connectivity index (χ1v) is 7.33. The van der Waals surface area contributed by atoms with Gasteiger partial charge in [-0.15, -0.1) is 0 Å². The summed E-state index contributed by atoms with van der Waals surface area (Å²) in [6.07, 6.45) is 2.35. The minimum atomic E-state index is -0.357. The summed E-state index contributed by atoms with van der Waals surface area (Å²) in [5.74, 6) is -0.366. The van der Waals surface area contributed by atoms with Crippen LogP contribution in [-0.2, 0) is 0 Å². The van der Waals surface area contributed by atoms with E-state index in [-0.39, 0.29) is 23.4 Å². The van der Waals surface area contributed by atoms with Crippen LogP contribution in [0.25, 0.3) is 0 Å². The topological polar surface area (TPSA) is 70.2 Å². The van der Waals surface area contributed by atoms with Crippen molar-refractivity contribution >= 4 is 17.5 Å². The van der Waals surface area contributed by atoms with Crippen molar-refractivity contribution in [3.63, 3.8) is 0 Å². The molecule has 0 aliphatic heterocycles. The van der Waals surface area contributed by atoms with Gasteiger partial charge in [0.05, 0.1) is 0 Å². The lowest BCUT2D eigenvalue weighted by atomic mass is 10.3. The van der Waals surface area contributed by atoms with E-state index in [1.54, 1.807) is 12.1 Å². The van der Waals surface area contributed by atoms with E-state index in [2.05, 4.69) is 25.5 Å². The van der Waals surface area contributed by atoms with E-state index in [1.807, 2.05) is 14.1 Å². The lowest BCUT2D eigenvalue weighted by Gasteiger charge is -2.10. The zero-order valence-electron chi connectivity index (χ0n) is 13.2. The van der Waals surface area contributed by atoms with E-state index < -0.39 is 0 Å². The maximum atomic E-state index is 13.2. The molecule has 2 N–H and O–H groups in total. The molecule has 0 unspecified atom stereocenters. The number of anilines is 2. The van der Waals surface area contributed by atoms with Crippen molar-refractivity contribution in [2.45, 2.75) is 6.42 Å². The molecule has 0 bridgehead atoms. The van der Waals surface area contributed by atoms with Gasteiger partial charge < -0.3 is 15.5 Å². The highest BCUT2D eigenvalue weighted by atomic mass is 19.1. The third-order valence-corrected chi connectivity index (χ3v) is 3.04. The number of nitrogens with one attached hydrogen (secondary N) is 2. The smallest absolute Gasteiger partial charge is 0.270 e. The Labute approximate surface area is 134 Å². The Morgan fingerprint density at radius 1 is 1.30 bits per heavy atom. The van der Waals surface area contributed by atoms with Gasteiger partial charge in [-0.05, 0) is 51.3 Å². The van der Waals surface area contributed by atoms with Crippen molar-refractivity contribution < 1.29 is 9.18 Å². The van der Waals surface area contributed by atoms with Gasteiger partial charge in [0.15, 0.2) is 0 Å². The highest BCUT2D eigenvalue weighted by molar-refractivity contribution is 5.92. The third-order valence-electron chi connectivity index (χ3n) is 3.04. The van der Waals surface area contributed by atoms with Gasteiger partial charge in [-0.1, -0.05) is 6.07 Å². The van der Waals surface area contributed by atoms with Crippen molar-refractivity contribution in [1.82, 2.24) is 20.2 Å². The van der Waals surface area contributed by atoms with Crippen molar-refractivity contribution in [3.05, 3.63) is 48.0 Å². The largest absolute Gasteiger partial charge is 0.351 e. The molecule has 1 aromatic heterocycles. The van der Waals surface area contributed by atoms with Gasteiger partial charge in [-0.3, -0.25) is 4.79 Å². The molecule has 0 saturated carbocycles. The van der Waals surface area contributed by atoms with Crippen LogP contribution in [0.15, 0.2) is 36.5 Å². The molecule has 6 nitrogen and oxygen atoms in total. The molecule has 1 amide bonds. The zero-order chi connectivity index (χ0) is 16.7. The number of aromatic nitrogens is 2. The van der Waals surface area contributed by atoms with E-state index >= 15 is 0 Å². The molecule has 0 fully saturated rings. The van der Waals surface area contributed by atoms with Crippen LogP contribution >= 0.6 is 0 Å². The molecule has 0 aliphatic carbocycles. The summed E-state index contributed by atoms with van der Waals surface area (Å²) >= 11 is 0. The lowest BCUT2D eigenvalue weighted by molar-refractivity contribution is 0.0947. The average molecular weight is 317 g/mol. The van der Waals surface area contributed by atoms with Crippen LogP contribution in [0.5, 0.6) is 0 Å². The monoisotopic (exact) mass is 317 g/mol. The maximum absolute atomic E-state index is 13.2. The van der Waals surface area contributed by atoms with E-state index in [0.29, 0.717) is 12.2 Å². The Kier molecular flexibility index (Phi) is 5.99. The number of rotatable bonds is 7. The summed E-state index contributed by atoms with van der Waals surface area (Å²) in [4.78, 5) is 22.3. The number of nitrogens with zero attached hydrogens (tertiary/aromatic N) is 3. The number of carbonyl (C=O) groups excluding carboxylic acids is 1. The molecule has 1 aromatic carbocycles. The van der Waals surface area contributed by atoms with Crippen LogP contribution in [-0.4, -0.2) is 48.0 Å². The number of hydrogen-bond acceptors (Lipinski definition) is 5. The number of carbonyl (C=O) groups is 1. The van der Waals surface area contributed by atoms with Crippen molar-refractivity contribution in [3.8, 4) is 0 Å². The molecular weight excluding hydrogens is 297 g/mol. The number of halogens is 1. The summed E-state index contributed by atoms with van der Waals surface area (Å²) in [7, 11) is 3.97. The Morgan fingerprint density at radius 2 is 2.13 bits per heavy atom. The van der Waals surface area contributed by atoms with E-state index in [1.165, 1.54) is 24.4 Å². The first-order valence-electron chi connectivity index (χ1n) is 7.33. The molecule has 2 rings (SSSR count). The Morgan fingerprint density at radius 3 is 2.87 bits per heavy atom. The molecule has 7 heteroatoms. The van der Waals surface area contributed by atoms with E-state index in [9.17, 15) is 9.18 Å². The van der Waals surface area contributed by atoms with Crippen molar-refractivity contribution in [1.29, 1.82) is 0 Å². The van der Waals surface area contributed by atoms with Crippen LogP contribution in [0, 0.1) is 5.82 Å². The molecular formula is C16H20FN5O. The third kappa shape index (κ3) is 5.63. The predicted octanol–water partition coefficient (Wildman–Crippen LogP) is 2.04. The minimum Gasteiger partial charge on any atom is -0.351 e. The Hall–Kier alpha value is -2.54. The van der Waals surface area contributed by atoms with Crippen LogP contribution in [0.2, 0.25) is 0 Å². The summed E-state index contributed by atoms with van der Waals surface area (Å²) in [5, 5.41) is 5.68. The summed E-state index contributed by atoms with van der Waals surface area (Å²) in [5.41, 5.74) is 0.789. The first kappa shape index (κ1) is 16.8. The van der Waals surface area contributed by atoms with Crippen molar-refractivity contribution in [2.75, 3.05) is 32.5 Å². The van der Waals surface area contributed by atoms with E-state index in [4.69, 9.17) is 0 Å². The molecule has 0 spiro atoms. The Balaban J connectivity index is 1.95. The number of hydrogen-bond donors (Lipinski definition) is 2. The van der Waals surface area contributed by atoms with Gasteiger partial charge in [-0.25, -0.2) is 14.4 Å². The maximum Gasteiger partial charge on any atom is 0.270 e. The van der Waals surface area contributed by atoms with Crippen LogP contribution in [0.3, 0.4) is 0 Å². The fourth-order valence-electron chi connectivity index (χ4n) is 1.93. The zero-order valence-corrected chi connectivity index (χ0v) is 13.2. The van der Waals surface area contributed by atoms with Crippen molar-refractivity contribution in [2.24, 2.45) is 0 Å². The fourth-order valence-corrected chi connectivity index (χ4v) is 1.93. The fraction of sp³-hybridized carbons (Fsp3) is 0.312. The molecule has 122 valence electrons. The summed E-state index contributed by atoms with van der Waals surface area (Å²) < 4.78 is 13.2. The molecule has 1 heterocycles. The summed E-state index contributed by atoms with van der Waals surface area (Å²) in [6, 6.07) is 7.50.